The number of aryl methyl sites for hydroxylation is 1. The molecule has 0 aromatic heterocycles. The van der Waals surface area contributed by atoms with E-state index in [2.05, 4.69) is 22.3 Å². The van der Waals surface area contributed by atoms with Gasteiger partial charge in [-0.1, -0.05) is 36.7 Å². The Balaban J connectivity index is 2.04. The van der Waals surface area contributed by atoms with Crippen LogP contribution in [0.15, 0.2) is 42.5 Å². The third-order valence-corrected chi connectivity index (χ3v) is 3.55. The first-order valence-corrected chi connectivity index (χ1v) is 7.68. The first-order valence-electron chi connectivity index (χ1n) is 6.90. The lowest BCUT2D eigenvalue weighted by atomic mass is 10.1. The summed E-state index contributed by atoms with van der Waals surface area (Å²) in [6.45, 7) is -0.863. The van der Waals surface area contributed by atoms with Gasteiger partial charge in [0.1, 0.15) is 5.75 Å². The first-order chi connectivity index (χ1) is 11.0. The molecule has 2 aromatic carbocycles. The second kappa shape index (κ2) is 8.08. The summed E-state index contributed by atoms with van der Waals surface area (Å²) < 4.78 is 28.7. The lowest BCUT2D eigenvalue weighted by molar-refractivity contribution is -0.0497. The highest BCUT2D eigenvalue weighted by Gasteiger charge is 2.10. The van der Waals surface area contributed by atoms with Crippen LogP contribution in [0.25, 0.3) is 0 Å². The molecule has 7 heteroatoms. The minimum Gasteiger partial charge on any atom is -0.433 e. The third-order valence-electron chi connectivity index (χ3n) is 3.05. The summed E-state index contributed by atoms with van der Waals surface area (Å²) in [6.07, 6.45) is 0.872. The van der Waals surface area contributed by atoms with E-state index in [1.54, 1.807) is 6.07 Å². The van der Waals surface area contributed by atoms with Gasteiger partial charge in [-0.15, -0.1) is 0 Å². The van der Waals surface area contributed by atoms with E-state index < -0.39 is 6.61 Å². The molecule has 0 saturated heterocycles. The van der Waals surface area contributed by atoms with E-state index >= 15 is 0 Å². The molecule has 0 radical (unpaired) electrons. The molecule has 0 spiro atoms. The largest absolute Gasteiger partial charge is 0.433 e. The summed E-state index contributed by atoms with van der Waals surface area (Å²) in [5, 5.41) is 6.51. The topological polar surface area (TPSA) is 33.3 Å². The summed E-state index contributed by atoms with van der Waals surface area (Å²) in [6, 6.07) is 12.2. The van der Waals surface area contributed by atoms with Gasteiger partial charge in [0.2, 0.25) is 0 Å². The number of hydrogen-bond donors (Lipinski definition) is 2. The van der Waals surface area contributed by atoms with Gasteiger partial charge >= 0.3 is 6.61 Å². The van der Waals surface area contributed by atoms with Crippen molar-refractivity contribution in [2.45, 2.75) is 20.0 Å². The van der Waals surface area contributed by atoms with E-state index in [0.717, 1.165) is 17.7 Å². The Kier molecular flexibility index (Phi) is 6.12. The number of para-hydroxylation sites is 1. The van der Waals surface area contributed by atoms with Crippen LogP contribution < -0.4 is 15.4 Å². The van der Waals surface area contributed by atoms with Crippen LogP contribution in [0.3, 0.4) is 0 Å². The number of halogens is 3. The fourth-order valence-electron chi connectivity index (χ4n) is 2.01. The number of nitrogens with one attached hydrogen (secondary N) is 2. The number of thiocarbonyl (C=S) groups is 1. The van der Waals surface area contributed by atoms with E-state index in [-0.39, 0.29) is 10.8 Å². The molecule has 0 amide bonds. The Morgan fingerprint density at radius 2 is 1.96 bits per heavy atom. The maximum atomic E-state index is 12.2. The van der Waals surface area contributed by atoms with Crippen molar-refractivity contribution < 1.29 is 13.5 Å². The van der Waals surface area contributed by atoms with Crippen LogP contribution in [0.1, 0.15) is 12.5 Å². The quantitative estimate of drug-likeness (QED) is 0.711. The van der Waals surface area contributed by atoms with Crippen LogP contribution in [-0.4, -0.2) is 11.7 Å². The SMILES string of the molecule is CCc1ccccc1NC(=S)Nc1ccc(OC(F)F)c(Cl)c1. The van der Waals surface area contributed by atoms with E-state index in [9.17, 15) is 8.78 Å². The van der Waals surface area contributed by atoms with Crippen molar-refractivity contribution in [3.8, 4) is 5.75 Å². The molecule has 0 aliphatic rings. The monoisotopic (exact) mass is 356 g/mol. The Bertz CT molecular complexity index is 698. The van der Waals surface area contributed by atoms with E-state index in [4.69, 9.17) is 23.8 Å². The Morgan fingerprint density at radius 1 is 1.22 bits per heavy atom. The van der Waals surface area contributed by atoms with Gasteiger partial charge in [0, 0.05) is 11.4 Å². The number of rotatable bonds is 5. The van der Waals surface area contributed by atoms with Gasteiger partial charge in [-0.2, -0.15) is 8.78 Å². The molecule has 0 aliphatic heterocycles. The van der Waals surface area contributed by atoms with Crippen LogP contribution in [0, 0.1) is 0 Å². The summed E-state index contributed by atoms with van der Waals surface area (Å²) in [5.74, 6) is -0.0811. The highest BCUT2D eigenvalue weighted by atomic mass is 35.5. The molecule has 0 saturated carbocycles. The summed E-state index contributed by atoms with van der Waals surface area (Å²) >= 11 is 11.2. The van der Waals surface area contributed by atoms with Crippen LogP contribution in [0.4, 0.5) is 20.2 Å². The van der Waals surface area contributed by atoms with Crippen molar-refractivity contribution >= 4 is 40.3 Å². The Labute approximate surface area is 143 Å². The van der Waals surface area contributed by atoms with Crippen molar-refractivity contribution in [3.05, 3.63) is 53.1 Å². The minimum atomic E-state index is -2.92. The molecule has 23 heavy (non-hydrogen) atoms. The summed E-state index contributed by atoms with van der Waals surface area (Å²) in [7, 11) is 0. The molecule has 3 nitrogen and oxygen atoms in total. The highest BCUT2D eigenvalue weighted by molar-refractivity contribution is 7.80. The van der Waals surface area contributed by atoms with E-state index in [0.29, 0.717) is 10.8 Å². The number of ether oxygens (including phenoxy) is 1. The first kappa shape index (κ1) is 17.4. The van der Waals surface area contributed by atoms with Crippen molar-refractivity contribution in [1.29, 1.82) is 0 Å². The van der Waals surface area contributed by atoms with Gasteiger partial charge in [0.15, 0.2) is 5.11 Å². The smallest absolute Gasteiger partial charge is 0.387 e. The molecular formula is C16H15ClF2N2OS. The minimum absolute atomic E-state index is 0.0760. The molecule has 122 valence electrons. The maximum absolute atomic E-state index is 12.2. The molecule has 2 rings (SSSR count). The number of anilines is 2. The zero-order chi connectivity index (χ0) is 16.8. The molecule has 0 atom stereocenters. The molecule has 0 bridgehead atoms. The second-order valence-corrected chi connectivity index (χ2v) is 5.43. The van der Waals surface area contributed by atoms with Crippen molar-refractivity contribution in [2.24, 2.45) is 0 Å². The van der Waals surface area contributed by atoms with Gasteiger partial charge in [-0.3, -0.25) is 0 Å². The van der Waals surface area contributed by atoms with E-state index in [1.807, 2.05) is 24.3 Å². The molecule has 0 unspecified atom stereocenters. The van der Waals surface area contributed by atoms with Crippen molar-refractivity contribution in [3.63, 3.8) is 0 Å². The van der Waals surface area contributed by atoms with Gasteiger partial charge in [-0.05, 0) is 48.5 Å². The third kappa shape index (κ3) is 5.04. The van der Waals surface area contributed by atoms with Crippen LogP contribution >= 0.6 is 23.8 Å². The number of benzene rings is 2. The van der Waals surface area contributed by atoms with Crippen molar-refractivity contribution in [1.82, 2.24) is 0 Å². The zero-order valence-corrected chi connectivity index (χ0v) is 13.8. The molecule has 0 fully saturated rings. The lowest BCUT2D eigenvalue weighted by Crippen LogP contribution is -2.19. The fraction of sp³-hybridized carbons (Fsp3) is 0.188. The standard InChI is InChI=1S/C16H15ClF2N2OS/c1-2-10-5-3-4-6-13(10)21-16(23)20-11-7-8-14(12(17)9-11)22-15(18)19/h3-9,15H,2H2,1H3,(H2,20,21,23). The molecule has 2 N–H and O–H groups in total. The predicted molar refractivity (Wildman–Crippen MR) is 93.7 cm³/mol. The maximum Gasteiger partial charge on any atom is 0.387 e. The Morgan fingerprint density at radius 3 is 2.61 bits per heavy atom. The molecule has 2 aromatic rings. The average Bonchev–Trinajstić information content (AvgIpc) is 2.50. The van der Waals surface area contributed by atoms with Crippen LogP contribution in [0.5, 0.6) is 5.75 Å². The zero-order valence-electron chi connectivity index (χ0n) is 12.3. The predicted octanol–water partition coefficient (Wildman–Crippen LogP) is 5.31. The van der Waals surface area contributed by atoms with Gasteiger partial charge in [0.25, 0.3) is 0 Å². The van der Waals surface area contributed by atoms with Gasteiger partial charge in [0.05, 0.1) is 5.02 Å². The van der Waals surface area contributed by atoms with Crippen LogP contribution in [0.2, 0.25) is 5.02 Å². The highest BCUT2D eigenvalue weighted by Crippen LogP contribution is 2.29. The summed E-state index contributed by atoms with van der Waals surface area (Å²) in [5.41, 5.74) is 2.62. The van der Waals surface area contributed by atoms with E-state index in [1.165, 1.54) is 12.1 Å². The molecule has 0 heterocycles. The molecular weight excluding hydrogens is 342 g/mol. The van der Waals surface area contributed by atoms with Gasteiger partial charge < -0.3 is 15.4 Å². The normalized spacial score (nSPS) is 10.5. The van der Waals surface area contributed by atoms with Gasteiger partial charge in [-0.25, -0.2) is 0 Å². The fourth-order valence-corrected chi connectivity index (χ4v) is 2.46. The number of hydrogen-bond acceptors (Lipinski definition) is 2. The molecule has 0 aliphatic carbocycles. The van der Waals surface area contributed by atoms with Crippen molar-refractivity contribution in [2.75, 3.05) is 10.6 Å². The lowest BCUT2D eigenvalue weighted by Gasteiger charge is -2.14. The Hall–Kier alpha value is -1.92. The average molecular weight is 357 g/mol. The number of alkyl halides is 2. The van der Waals surface area contributed by atoms with Crippen LogP contribution in [-0.2, 0) is 6.42 Å². The summed E-state index contributed by atoms with van der Waals surface area (Å²) in [4.78, 5) is 0. The second-order valence-electron chi connectivity index (χ2n) is 4.61.